The summed E-state index contributed by atoms with van der Waals surface area (Å²) >= 11 is 0. The van der Waals surface area contributed by atoms with Crippen LogP contribution in [0, 0.1) is 12.7 Å². The first kappa shape index (κ1) is 11.3. The van der Waals surface area contributed by atoms with E-state index in [0.29, 0.717) is 5.56 Å². The molecule has 1 aromatic rings. The fraction of sp³-hybridized carbons (Fsp3) is 0.182. The Bertz CT molecular complexity index is 487. The zero-order valence-electron chi connectivity index (χ0n) is 8.99. The van der Waals surface area contributed by atoms with Gasteiger partial charge in [0.2, 0.25) is 11.8 Å². The molecular formula is C11H9FN2O3. The van der Waals surface area contributed by atoms with Crippen molar-refractivity contribution in [2.24, 2.45) is 0 Å². The van der Waals surface area contributed by atoms with Gasteiger partial charge in [0.15, 0.2) is 0 Å². The lowest BCUT2D eigenvalue weighted by Gasteiger charge is -2.24. The van der Waals surface area contributed by atoms with Crippen LogP contribution in [0.5, 0.6) is 0 Å². The average molecular weight is 236 g/mol. The molecule has 1 aliphatic heterocycles. The number of nitrogens with one attached hydrogen (secondary N) is 1. The van der Waals surface area contributed by atoms with Crippen molar-refractivity contribution in [3.8, 4) is 0 Å². The lowest BCUT2D eigenvalue weighted by atomic mass is 10.2. The van der Waals surface area contributed by atoms with Crippen molar-refractivity contribution in [1.29, 1.82) is 0 Å². The van der Waals surface area contributed by atoms with E-state index in [4.69, 9.17) is 0 Å². The molecule has 4 amide bonds. The van der Waals surface area contributed by atoms with Gasteiger partial charge in [-0.15, -0.1) is 0 Å². The second kappa shape index (κ2) is 3.97. The van der Waals surface area contributed by atoms with Crippen LogP contribution in [0.3, 0.4) is 0 Å². The molecule has 2 rings (SSSR count). The van der Waals surface area contributed by atoms with Crippen molar-refractivity contribution in [2.75, 3.05) is 4.90 Å². The van der Waals surface area contributed by atoms with Crippen LogP contribution in [0.25, 0.3) is 0 Å². The molecular weight excluding hydrogens is 227 g/mol. The van der Waals surface area contributed by atoms with Crippen LogP contribution in [-0.2, 0) is 9.59 Å². The maximum absolute atomic E-state index is 13.2. The van der Waals surface area contributed by atoms with Crippen LogP contribution < -0.4 is 10.2 Å². The first-order valence-electron chi connectivity index (χ1n) is 4.91. The number of amides is 4. The fourth-order valence-corrected chi connectivity index (χ4v) is 1.66. The molecule has 0 aromatic heterocycles. The molecule has 1 aliphatic rings. The molecule has 0 unspecified atom stereocenters. The van der Waals surface area contributed by atoms with Crippen molar-refractivity contribution < 1.29 is 18.8 Å². The summed E-state index contributed by atoms with van der Waals surface area (Å²) in [5, 5.41) is 2.00. The van der Waals surface area contributed by atoms with Crippen molar-refractivity contribution in [2.45, 2.75) is 13.3 Å². The van der Waals surface area contributed by atoms with Crippen molar-refractivity contribution in [1.82, 2.24) is 5.32 Å². The summed E-state index contributed by atoms with van der Waals surface area (Å²) in [6.07, 6.45) is -0.415. The van der Waals surface area contributed by atoms with Gasteiger partial charge in [0.1, 0.15) is 12.2 Å². The Morgan fingerprint density at radius 3 is 2.53 bits per heavy atom. The number of rotatable bonds is 1. The van der Waals surface area contributed by atoms with Gasteiger partial charge in [-0.2, -0.15) is 0 Å². The standard InChI is InChI=1S/C11H9FN2O3/c1-6-2-7(12)4-8(3-6)14-10(16)5-9(15)13-11(14)17/h2-4H,5H2,1H3,(H,13,15,17). The summed E-state index contributed by atoms with van der Waals surface area (Å²) in [5.41, 5.74) is 0.704. The van der Waals surface area contributed by atoms with Crippen LogP contribution in [0.4, 0.5) is 14.9 Å². The van der Waals surface area contributed by atoms with Gasteiger partial charge in [-0.25, -0.2) is 14.1 Å². The fourth-order valence-electron chi connectivity index (χ4n) is 1.66. The third-order valence-corrected chi connectivity index (χ3v) is 2.30. The highest BCUT2D eigenvalue weighted by Gasteiger charge is 2.32. The van der Waals surface area contributed by atoms with Crippen molar-refractivity contribution in [3.63, 3.8) is 0 Å². The summed E-state index contributed by atoms with van der Waals surface area (Å²) < 4.78 is 13.2. The maximum atomic E-state index is 13.2. The van der Waals surface area contributed by atoms with Gasteiger partial charge in [-0.1, -0.05) is 0 Å². The SMILES string of the molecule is Cc1cc(F)cc(N2C(=O)CC(=O)NC2=O)c1. The topological polar surface area (TPSA) is 66.5 Å². The Labute approximate surface area is 96.2 Å². The van der Waals surface area contributed by atoms with E-state index >= 15 is 0 Å². The summed E-state index contributed by atoms with van der Waals surface area (Å²) in [6, 6.07) is 2.99. The number of urea groups is 1. The third kappa shape index (κ3) is 2.15. The summed E-state index contributed by atoms with van der Waals surface area (Å²) in [6.45, 7) is 1.64. The molecule has 0 spiro atoms. The monoisotopic (exact) mass is 236 g/mol. The Balaban J connectivity index is 2.41. The molecule has 1 fully saturated rings. The molecule has 1 N–H and O–H groups in total. The first-order valence-corrected chi connectivity index (χ1v) is 4.91. The largest absolute Gasteiger partial charge is 0.335 e. The number of imide groups is 2. The molecule has 5 nitrogen and oxygen atoms in total. The van der Waals surface area contributed by atoms with E-state index in [1.54, 1.807) is 6.92 Å². The highest BCUT2D eigenvalue weighted by Crippen LogP contribution is 2.20. The Kier molecular flexibility index (Phi) is 2.63. The number of nitrogens with zero attached hydrogens (tertiary/aromatic N) is 1. The van der Waals surface area contributed by atoms with Gasteiger partial charge in [-0.3, -0.25) is 14.9 Å². The average Bonchev–Trinajstić information content (AvgIpc) is 2.13. The number of anilines is 1. The predicted octanol–water partition coefficient (Wildman–Crippen LogP) is 1.11. The Morgan fingerprint density at radius 1 is 1.24 bits per heavy atom. The number of carbonyl (C=O) groups is 3. The zero-order valence-corrected chi connectivity index (χ0v) is 8.99. The normalized spacial score (nSPS) is 16.1. The van der Waals surface area contributed by atoms with Crippen molar-refractivity contribution >= 4 is 23.5 Å². The smallest absolute Gasteiger partial charge is 0.277 e. The minimum Gasteiger partial charge on any atom is -0.277 e. The summed E-state index contributed by atoms with van der Waals surface area (Å²) in [4.78, 5) is 34.8. The molecule has 0 aliphatic carbocycles. The number of hydrogen-bond acceptors (Lipinski definition) is 3. The molecule has 88 valence electrons. The first-order chi connectivity index (χ1) is 7.97. The van der Waals surface area contributed by atoms with E-state index in [2.05, 4.69) is 0 Å². The van der Waals surface area contributed by atoms with Crippen LogP contribution in [0.2, 0.25) is 0 Å². The zero-order chi connectivity index (χ0) is 12.6. The Hall–Kier alpha value is -2.24. The minimum atomic E-state index is -0.851. The van der Waals surface area contributed by atoms with Gasteiger partial charge >= 0.3 is 6.03 Å². The van der Waals surface area contributed by atoms with E-state index in [1.165, 1.54) is 12.1 Å². The second-order valence-corrected chi connectivity index (χ2v) is 3.75. The van der Waals surface area contributed by atoms with Gasteiger partial charge < -0.3 is 0 Å². The lowest BCUT2D eigenvalue weighted by Crippen LogP contribution is -2.53. The van der Waals surface area contributed by atoms with E-state index < -0.39 is 30.1 Å². The van der Waals surface area contributed by atoms with E-state index in [9.17, 15) is 18.8 Å². The third-order valence-electron chi connectivity index (χ3n) is 2.30. The van der Waals surface area contributed by atoms with Crippen molar-refractivity contribution in [3.05, 3.63) is 29.6 Å². The number of carbonyl (C=O) groups excluding carboxylic acids is 3. The van der Waals surface area contributed by atoms with E-state index in [0.717, 1.165) is 11.0 Å². The van der Waals surface area contributed by atoms with E-state index in [1.807, 2.05) is 5.32 Å². The number of aryl methyl sites for hydroxylation is 1. The lowest BCUT2D eigenvalue weighted by molar-refractivity contribution is -0.128. The Morgan fingerprint density at radius 2 is 1.94 bits per heavy atom. The van der Waals surface area contributed by atoms with Crippen LogP contribution in [-0.4, -0.2) is 17.8 Å². The molecule has 0 radical (unpaired) electrons. The highest BCUT2D eigenvalue weighted by molar-refractivity contribution is 6.26. The molecule has 0 saturated carbocycles. The van der Waals surface area contributed by atoms with E-state index in [-0.39, 0.29) is 5.69 Å². The van der Waals surface area contributed by atoms with Crippen LogP contribution >= 0.6 is 0 Å². The number of benzene rings is 1. The highest BCUT2D eigenvalue weighted by atomic mass is 19.1. The second-order valence-electron chi connectivity index (χ2n) is 3.75. The molecule has 0 bridgehead atoms. The maximum Gasteiger partial charge on any atom is 0.335 e. The van der Waals surface area contributed by atoms with Gasteiger partial charge in [-0.05, 0) is 30.7 Å². The number of barbiturate groups is 1. The van der Waals surface area contributed by atoms with Gasteiger partial charge in [0.05, 0.1) is 5.69 Å². The molecule has 17 heavy (non-hydrogen) atoms. The van der Waals surface area contributed by atoms with Crippen LogP contribution in [0.15, 0.2) is 18.2 Å². The van der Waals surface area contributed by atoms with Crippen LogP contribution in [0.1, 0.15) is 12.0 Å². The number of halogens is 1. The molecule has 1 aromatic carbocycles. The van der Waals surface area contributed by atoms with Gasteiger partial charge in [0.25, 0.3) is 0 Å². The predicted molar refractivity (Wildman–Crippen MR) is 56.8 cm³/mol. The minimum absolute atomic E-state index is 0.123. The molecule has 6 heteroatoms. The molecule has 1 heterocycles. The summed E-state index contributed by atoms with van der Waals surface area (Å²) in [7, 11) is 0. The van der Waals surface area contributed by atoms with Gasteiger partial charge in [0, 0.05) is 0 Å². The summed E-state index contributed by atoms with van der Waals surface area (Å²) in [5.74, 6) is -1.86. The number of hydrogen-bond donors (Lipinski definition) is 1. The quantitative estimate of drug-likeness (QED) is 0.742. The molecule has 0 atom stereocenters. The molecule has 1 saturated heterocycles.